The summed E-state index contributed by atoms with van der Waals surface area (Å²) in [6.07, 6.45) is 4.98. The number of nitrogens with one attached hydrogen (secondary N) is 3. The average Bonchev–Trinajstić information content (AvgIpc) is 2.41. The minimum atomic E-state index is -0.463. The van der Waals surface area contributed by atoms with Crippen molar-refractivity contribution in [3.05, 3.63) is 34.4 Å². The molecule has 1 aromatic carbocycles. The molecule has 0 aliphatic heterocycles. The monoisotopic (exact) mass is 262 g/mol. The highest BCUT2D eigenvalue weighted by atomic mass is 16.6. The molecule has 0 unspecified atom stereocenters. The first-order valence-corrected chi connectivity index (χ1v) is 5.57. The molecule has 0 atom stereocenters. The second kappa shape index (κ2) is 7.55. The molecule has 7 nitrogen and oxygen atoms in total. The first-order valence-electron chi connectivity index (χ1n) is 5.57. The van der Waals surface area contributed by atoms with E-state index >= 15 is 0 Å². The summed E-state index contributed by atoms with van der Waals surface area (Å²) in [7, 11) is 0. The molecule has 0 fully saturated rings. The average molecular weight is 262 g/mol. The second-order valence-electron chi connectivity index (χ2n) is 3.51. The third-order valence-corrected chi connectivity index (χ3v) is 2.18. The second-order valence-corrected chi connectivity index (χ2v) is 3.51. The van der Waals surface area contributed by atoms with E-state index in [9.17, 15) is 14.9 Å². The van der Waals surface area contributed by atoms with Gasteiger partial charge in [0.15, 0.2) is 0 Å². The van der Waals surface area contributed by atoms with Gasteiger partial charge in [0.1, 0.15) is 5.69 Å². The van der Waals surface area contributed by atoms with Gasteiger partial charge in [-0.2, -0.15) is 0 Å². The molecule has 0 radical (unpaired) electrons. The Balaban J connectivity index is 2.36. The molecule has 0 aliphatic carbocycles. The Labute approximate surface area is 110 Å². The molecule has 1 rings (SSSR count). The molecule has 3 N–H and O–H groups in total. The van der Waals surface area contributed by atoms with Gasteiger partial charge in [0, 0.05) is 19.2 Å². The van der Waals surface area contributed by atoms with E-state index in [0.717, 1.165) is 0 Å². The zero-order valence-electron chi connectivity index (χ0n) is 10.2. The van der Waals surface area contributed by atoms with Gasteiger partial charge >= 0.3 is 6.03 Å². The Bertz CT molecular complexity index is 496. The van der Waals surface area contributed by atoms with E-state index in [1.165, 1.54) is 6.07 Å². The van der Waals surface area contributed by atoms with Gasteiger partial charge in [0.25, 0.3) is 5.69 Å². The lowest BCUT2D eigenvalue weighted by Crippen LogP contribution is -2.38. The summed E-state index contributed by atoms with van der Waals surface area (Å²) in [5.74, 6) is 2.27. The van der Waals surface area contributed by atoms with Crippen LogP contribution in [0.1, 0.15) is 0 Å². The summed E-state index contributed by atoms with van der Waals surface area (Å²) in [6, 6.07) is 5.94. The van der Waals surface area contributed by atoms with Crippen LogP contribution in [-0.2, 0) is 0 Å². The van der Waals surface area contributed by atoms with Crippen LogP contribution in [0.25, 0.3) is 0 Å². The molecule has 0 bridgehead atoms. The van der Waals surface area contributed by atoms with Crippen LogP contribution in [0.4, 0.5) is 16.2 Å². The number of carbonyl (C=O) groups is 1. The number of amides is 2. The molecule has 2 amide bonds. The van der Waals surface area contributed by atoms with Crippen molar-refractivity contribution in [2.75, 3.05) is 25.0 Å². The fourth-order valence-electron chi connectivity index (χ4n) is 1.35. The number of nitro benzene ring substituents is 1. The standard InChI is InChI=1S/C12H14N4O3/c1-2-7-14-12(17)15-9-8-13-10-5-3-4-6-11(10)16(18)19/h1,3-6,13H,7-9H2,(H2,14,15,17). The van der Waals surface area contributed by atoms with Crippen molar-refractivity contribution in [1.29, 1.82) is 0 Å². The van der Waals surface area contributed by atoms with Crippen LogP contribution in [-0.4, -0.2) is 30.6 Å². The summed E-state index contributed by atoms with van der Waals surface area (Å²) >= 11 is 0. The predicted octanol–water partition coefficient (Wildman–Crippen LogP) is 0.939. The normalized spacial score (nSPS) is 9.21. The molecule has 0 spiro atoms. The van der Waals surface area contributed by atoms with Gasteiger partial charge in [-0.1, -0.05) is 18.1 Å². The van der Waals surface area contributed by atoms with Crippen molar-refractivity contribution in [1.82, 2.24) is 10.6 Å². The predicted molar refractivity (Wildman–Crippen MR) is 71.8 cm³/mol. The van der Waals surface area contributed by atoms with Gasteiger partial charge in [-0.15, -0.1) is 6.42 Å². The van der Waals surface area contributed by atoms with Crippen molar-refractivity contribution in [2.24, 2.45) is 0 Å². The quantitative estimate of drug-likeness (QED) is 0.307. The molecular weight excluding hydrogens is 248 g/mol. The first-order chi connectivity index (χ1) is 9.15. The van der Waals surface area contributed by atoms with Crippen LogP contribution in [0, 0.1) is 22.5 Å². The first kappa shape index (κ1) is 14.3. The lowest BCUT2D eigenvalue weighted by molar-refractivity contribution is -0.384. The summed E-state index contributed by atoms with van der Waals surface area (Å²) in [6.45, 7) is 0.847. The number of carbonyl (C=O) groups excluding carboxylic acids is 1. The van der Waals surface area contributed by atoms with Crippen molar-refractivity contribution in [3.8, 4) is 12.3 Å². The maximum absolute atomic E-state index is 11.1. The molecule has 0 saturated carbocycles. The van der Waals surface area contributed by atoms with Gasteiger partial charge in [-0.05, 0) is 6.07 Å². The smallest absolute Gasteiger partial charge is 0.315 e. The zero-order chi connectivity index (χ0) is 14.1. The maximum Gasteiger partial charge on any atom is 0.315 e. The van der Waals surface area contributed by atoms with Gasteiger partial charge in [0.05, 0.1) is 11.5 Å². The molecule has 0 saturated heterocycles. The Morgan fingerprint density at radius 2 is 2.05 bits per heavy atom. The minimum absolute atomic E-state index is 0.000664. The number of hydrogen-bond donors (Lipinski definition) is 3. The van der Waals surface area contributed by atoms with Crippen LogP contribution >= 0.6 is 0 Å². The van der Waals surface area contributed by atoms with Crippen molar-refractivity contribution in [3.63, 3.8) is 0 Å². The number of urea groups is 1. The van der Waals surface area contributed by atoms with Crippen molar-refractivity contribution < 1.29 is 9.72 Å². The highest BCUT2D eigenvalue weighted by Gasteiger charge is 2.11. The van der Waals surface area contributed by atoms with E-state index in [1.54, 1.807) is 18.2 Å². The molecular formula is C12H14N4O3. The number of rotatable bonds is 6. The van der Waals surface area contributed by atoms with Crippen LogP contribution in [0.3, 0.4) is 0 Å². The summed E-state index contributed by atoms with van der Waals surface area (Å²) in [5, 5.41) is 18.6. The van der Waals surface area contributed by atoms with E-state index in [0.29, 0.717) is 18.8 Å². The fraction of sp³-hybridized carbons (Fsp3) is 0.250. The molecule has 0 heterocycles. The number of hydrogen-bond acceptors (Lipinski definition) is 4. The number of para-hydroxylation sites is 2. The highest BCUT2D eigenvalue weighted by molar-refractivity contribution is 5.74. The molecule has 7 heteroatoms. The van der Waals surface area contributed by atoms with E-state index in [4.69, 9.17) is 6.42 Å². The van der Waals surface area contributed by atoms with Gasteiger partial charge in [0.2, 0.25) is 0 Å². The van der Waals surface area contributed by atoms with Crippen molar-refractivity contribution >= 4 is 17.4 Å². The molecule has 0 aromatic heterocycles. The minimum Gasteiger partial charge on any atom is -0.378 e. The Morgan fingerprint density at radius 1 is 1.32 bits per heavy atom. The SMILES string of the molecule is C#CCNC(=O)NCCNc1ccccc1[N+](=O)[O-]. The maximum atomic E-state index is 11.1. The topological polar surface area (TPSA) is 96.3 Å². The summed E-state index contributed by atoms with van der Waals surface area (Å²) < 4.78 is 0. The van der Waals surface area contributed by atoms with Crippen LogP contribution in [0.2, 0.25) is 0 Å². The third-order valence-electron chi connectivity index (χ3n) is 2.18. The fourth-order valence-corrected chi connectivity index (χ4v) is 1.35. The van der Waals surface area contributed by atoms with Crippen LogP contribution in [0.5, 0.6) is 0 Å². The van der Waals surface area contributed by atoms with Gasteiger partial charge in [-0.25, -0.2) is 4.79 Å². The van der Waals surface area contributed by atoms with E-state index in [2.05, 4.69) is 21.9 Å². The van der Waals surface area contributed by atoms with Crippen LogP contribution < -0.4 is 16.0 Å². The molecule has 19 heavy (non-hydrogen) atoms. The molecule has 100 valence electrons. The number of anilines is 1. The summed E-state index contributed by atoms with van der Waals surface area (Å²) in [5.41, 5.74) is 0.414. The van der Waals surface area contributed by atoms with E-state index in [1.807, 2.05) is 0 Å². The largest absolute Gasteiger partial charge is 0.378 e. The Hall–Kier alpha value is -2.75. The Kier molecular flexibility index (Phi) is 5.69. The van der Waals surface area contributed by atoms with Crippen molar-refractivity contribution in [2.45, 2.75) is 0 Å². The molecule has 1 aromatic rings. The number of benzene rings is 1. The third kappa shape index (κ3) is 4.95. The highest BCUT2D eigenvalue weighted by Crippen LogP contribution is 2.22. The van der Waals surface area contributed by atoms with Crippen LogP contribution in [0.15, 0.2) is 24.3 Å². The van der Waals surface area contributed by atoms with Gasteiger partial charge < -0.3 is 16.0 Å². The lowest BCUT2D eigenvalue weighted by atomic mass is 10.2. The molecule has 0 aliphatic rings. The lowest BCUT2D eigenvalue weighted by Gasteiger charge is -2.08. The summed E-state index contributed by atoms with van der Waals surface area (Å²) in [4.78, 5) is 21.4. The number of nitrogens with zero attached hydrogens (tertiary/aromatic N) is 1. The Morgan fingerprint density at radius 3 is 2.74 bits per heavy atom. The van der Waals surface area contributed by atoms with E-state index < -0.39 is 4.92 Å². The van der Waals surface area contributed by atoms with E-state index in [-0.39, 0.29) is 18.3 Å². The van der Waals surface area contributed by atoms with Gasteiger partial charge in [-0.3, -0.25) is 10.1 Å². The zero-order valence-corrected chi connectivity index (χ0v) is 10.2. The number of nitro groups is 1. The number of terminal acetylenes is 1.